The molecule has 4 amide bonds. The number of carbonyl (C=O) groups excluding carboxylic acids is 4. The largest absolute Gasteiger partial charge is 0.445 e. The molecular weight excluding hydrogens is 945 g/mol. The van der Waals surface area contributed by atoms with Crippen LogP contribution in [0.4, 0.5) is 23.2 Å². The van der Waals surface area contributed by atoms with E-state index < -0.39 is 23.8 Å². The molecule has 14 nitrogen and oxygen atoms in total. The van der Waals surface area contributed by atoms with Crippen LogP contribution in [-0.2, 0) is 32.2 Å². The Kier molecular flexibility index (Phi) is 15.6. The van der Waals surface area contributed by atoms with Gasteiger partial charge in [0.15, 0.2) is 0 Å². The van der Waals surface area contributed by atoms with Crippen LogP contribution in [0.3, 0.4) is 0 Å². The highest BCUT2D eigenvalue weighted by Gasteiger charge is 2.55. The molecule has 4 N–H and O–H groups in total. The fraction of sp³-hybridized carbons (Fsp3) is 0.448. The van der Waals surface area contributed by atoms with Gasteiger partial charge in [-0.3, -0.25) is 4.79 Å². The molecule has 16 heteroatoms. The normalized spacial score (nSPS) is 22.9. The van der Waals surface area contributed by atoms with Crippen molar-refractivity contribution in [1.29, 1.82) is 0 Å². The third-order valence-corrected chi connectivity index (χ3v) is 15.5. The zero-order valence-electron chi connectivity index (χ0n) is 41.7. The minimum Gasteiger partial charge on any atom is -0.445 e. The molecule has 1 aliphatic carbocycles. The lowest BCUT2D eigenvalue weighted by atomic mass is 9.83. The smallest absolute Gasteiger partial charge is 0.410 e. The van der Waals surface area contributed by atoms with Crippen LogP contribution in [0.5, 0.6) is 0 Å². The first-order valence-corrected chi connectivity index (χ1v) is 25.8. The lowest BCUT2D eigenvalue weighted by molar-refractivity contribution is -0.136. The summed E-state index contributed by atoms with van der Waals surface area (Å²) in [6, 6.07) is 27.7. The van der Waals surface area contributed by atoms with E-state index in [0.717, 1.165) is 83.6 Å². The van der Waals surface area contributed by atoms with Gasteiger partial charge in [-0.1, -0.05) is 87.4 Å². The van der Waals surface area contributed by atoms with Crippen molar-refractivity contribution in [3.05, 3.63) is 143 Å². The van der Waals surface area contributed by atoms with Gasteiger partial charge in [0.1, 0.15) is 36.5 Å². The maximum absolute atomic E-state index is 14.6. The number of aromatic nitrogens is 2. The number of carbonyl (C=O) groups is 4. The topological polar surface area (TPSA) is 161 Å². The Bertz CT molecular complexity index is 2920. The highest BCUT2D eigenvalue weighted by molar-refractivity contribution is 5.88. The average Bonchev–Trinajstić information content (AvgIpc) is 4.26. The van der Waals surface area contributed by atoms with E-state index in [4.69, 9.17) is 14.2 Å². The Balaban J connectivity index is 0.000000198. The van der Waals surface area contributed by atoms with Gasteiger partial charge in [0.2, 0.25) is 5.91 Å². The second-order valence-electron chi connectivity index (χ2n) is 21.2. The third kappa shape index (κ3) is 11.1. The minimum absolute atomic E-state index is 0. The van der Waals surface area contributed by atoms with Crippen LogP contribution in [0.2, 0.25) is 0 Å². The second kappa shape index (κ2) is 22.3. The van der Waals surface area contributed by atoms with Gasteiger partial charge in [-0.05, 0) is 118 Å². The van der Waals surface area contributed by atoms with E-state index in [1.165, 1.54) is 24.3 Å². The first-order chi connectivity index (χ1) is 35.3. The van der Waals surface area contributed by atoms with Crippen molar-refractivity contribution >= 4 is 46.0 Å². The molecule has 2 aromatic heterocycles. The second-order valence-corrected chi connectivity index (χ2v) is 21.2. The number of amides is 4. The highest BCUT2D eigenvalue weighted by atomic mass is 19.1. The van der Waals surface area contributed by atoms with Gasteiger partial charge < -0.3 is 49.5 Å². The summed E-state index contributed by atoms with van der Waals surface area (Å²) in [4.78, 5) is 65.8. The van der Waals surface area contributed by atoms with Gasteiger partial charge in [-0.2, -0.15) is 0 Å². The van der Waals surface area contributed by atoms with Crippen LogP contribution in [0.1, 0.15) is 107 Å². The summed E-state index contributed by atoms with van der Waals surface area (Å²) in [5, 5.41) is 8.38. The van der Waals surface area contributed by atoms with Crippen LogP contribution in [0.25, 0.3) is 21.8 Å². The van der Waals surface area contributed by atoms with E-state index in [1.807, 2.05) is 88.9 Å². The van der Waals surface area contributed by atoms with Gasteiger partial charge >= 0.3 is 18.3 Å². The third-order valence-electron chi connectivity index (χ3n) is 15.5. The Hall–Kier alpha value is -6.94. The van der Waals surface area contributed by atoms with Crippen molar-refractivity contribution in [2.45, 2.75) is 134 Å². The number of benzene rings is 4. The molecule has 0 radical (unpaired) electrons. The molecule has 4 saturated heterocycles. The maximum atomic E-state index is 14.6. The minimum atomic E-state index is -0.726. The molecule has 7 atom stereocenters. The molecule has 11 rings (SSSR count). The fourth-order valence-corrected chi connectivity index (χ4v) is 12.2. The predicted molar refractivity (Wildman–Crippen MR) is 279 cm³/mol. The molecule has 392 valence electrons. The van der Waals surface area contributed by atoms with Crippen molar-refractivity contribution in [1.82, 2.24) is 35.3 Å². The van der Waals surface area contributed by atoms with E-state index >= 15 is 0 Å². The van der Waals surface area contributed by atoms with Gasteiger partial charge in [-0.25, -0.2) is 23.2 Å². The Morgan fingerprint density at radius 3 is 1.78 bits per heavy atom. The molecular formula is C58H69F2N7O7. The summed E-state index contributed by atoms with van der Waals surface area (Å²) in [7, 11) is 0. The number of rotatable bonds is 9. The standard InChI is InChI=1S/C35H43FN4O5.C22H22FN3O2.CH4/c1-35(2,3)45-33(42)38-30(23-12-8-5-9-13-23)32(41)39-17-16-29-31(39)27(26-19-37-28-18-24(36)14-15-25(26)28)20-40(29)34(43)44-21-22-10-6-4-7-11-22;23-15-6-7-16-17(11-25-19(16)10-15)18-12-26(20-8-9-24-21(18)20)22(27)28-13-14-4-2-1-3-5-14;/h4,6-7,10-11,14-15,18-19,23,27,29-31,37H,5,8-9,12-13,16-17,20-21H2,1-3H3,(H,38,42);1-7,10-11,18,20-21,24-25H,8-9,12-13H2;1H4/t27-,29-,30+,31-;18-,20-,21-;/m11./s1. The Morgan fingerprint density at radius 1 is 0.676 bits per heavy atom. The first kappa shape index (κ1) is 51.9. The van der Waals surface area contributed by atoms with Crippen molar-refractivity contribution < 1.29 is 42.2 Å². The summed E-state index contributed by atoms with van der Waals surface area (Å²) in [6.45, 7) is 8.11. The number of hydrogen-bond donors (Lipinski definition) is 4. The lowest BCUT2D eigenvalue weighted by Gasteiger charge is -2.36. The van der Waals surface area contributed by atoms with Gasteiger partial charge in [0.05, 0.1) is 18.1 Å². The lowest BCUT2D eigenvalue weighted by Crippen LogP contribution is -2.55. The first-order valence-electron chi connectivity index (χ1n) is 25.8. The molecule has 74 heavy (non-hydrogen) atoms. The van der Waals surface area contributed by atoms with Gasteiger partial charge in [-0.15, -0.1) is 0 Å². The summed E-state index contributed by atoms with van der Waals surface area (Å²) in [5.41, 5.74) is 4.67. The summed E-state index contributed by atoms with van der Waals surface area (Å²) in [5.74, 6) is -0.825. The number of fused-ring (bicyclic) bond motifs is 4. The summed E-state index contributed by atoms with van der Waals surface area (Å²) >= 11 is 0. The van der Waals surface area contributed by atoms with Crippen LogP contribution >= 0.6 is 0 Å². The molecule has 0 unspecified atom stereocenters. The zero-order valence-corrected chi connectivity index (χ0v) is 41.7. The maximum Gasteiger partial charge on any atom is 0.410 e. The van der Waals surface area contributed by atoms with E-state index in [0.29, 0.717) is 31.6 Å². The van der Waals surface area contributed by atoms with Crippen molar-refractivity contribution in [3.63, 3.8) is 0 Å². The molecule has 5 aliphatic rings. The number of H-pyrrole nitrogens is 2. The average molecular weight is 1010 g/mol. The Labute approximate surface area is 431 Å². The molecule has 6 aromatic rings. The number of nitrogens with zero attached hydrogens (tertiary/aromatic N) is 3. The molecule has 4 aromatic carbocycles. The van der Waals surface area contributed by atoms with Gasteiger partial charge in [0.25, 0.3) is 0 Å². The Morgan fingerprint density at radius 2 is 1.22 bits per heavy atom. The zero-order chi connectivity index (χ0) is 50.8. The number of alkyl carbamates (subject to hydrolysis) is 1. The molecule has 1 saturated carbocycles. The molecule has 4 aliphatic heterocycles. The van der Waals surface area contributed by atoms with Crippen molar-refractivity contribution in [2.75, 3.05) is 26.2 Å². The summed E-state index contributed by atoms with van der Waals surface area (Å²) < 4.78 is 44.6. The molecule has 0 spiro atoms. The van der Waals surface area contributed by atoms with Crippen LogP contribution < -0.4 is 10.6 Å². The highest BCUT2D eigenvalue weighted by Crippen LogP contribution is 2.45. The molecule has 5 fully saturated rings. The monoisotopic (exact) mass is 1010 g/mol. The summed E-state index contributed by atoms with van der Waals surface area (Å²) in [6.07, 6.45) is 8.85. The SMILES string of the molecule is C.CC(C)(C)OC(=O)N[C@H](C(=O)N1CC[C@@H]2[C@H]1[C@@H](c1c[nH]c3cc(F)ccc13)CN2C(=O)OCc1ccccc1)C1CCCCC1.O=C(OCc1ccccc1)N1C[C@H](c2c[nH]c3cc(F)ccc23)[C@H]2NCC[C@H]21. The van der Waals surface area contributed by atoms with Gasteiger partial charge in [0, 0.05) is 71.7 Å². The van der Waals surface area contributed by atoms with Crippen LogP contribution in [0.15, 0.2) is 109 Å². The quantitative estimate of drug-likeness (QED) is 0.104. The van der Waals surface area contributed by atoms with E-state index in [1.54, 1.807) is 31.7 Å². The number of aromatic amines is 2. The predicted octanol–water partition coefficient (Wildman–Crippen LogP) is 10.9. The number of likely N-dealkylation sites (tertiary alicyclic amines) is 3. The van der Waals surface area contributed by atoms with E-state index in [2.05, 4.69) is 20.6 Å². The fourth-order valence-electron chi connectivity index (χ4n) is 12.2. The van der Waals surface area contributed by atoms with Crippen LogP contribution in [0, 0.1) is 17.6 Å². The molecule has 0 bridgehead atoms. The number of nitrogens with one attached hydrogen (secondary N) is 4. The number of halogens is 2. The number of hydrogen-bond acceptors (Lipinski definition) is 8. The van der Waals surface area contributed by atoms with Crippen molar-refractivity contribution in [2.24, 2.45) is 5.92 Å². The van der Waals surface area contributed by atoms with Crippen LogP contribution in [-0.4, -0.2) is 111 Å². The van der Waals surface area contributed by atoms with Crippen molar-refractivity contribution in [3.8, 4) is 0 Å². The van der Waals surface area contributed by atoms with E-state index in [9.17, 15) is 28.0 Å². The van der Waals surface area contributed by atoms with E-state index in [-0.39, 0.29) is 86.2 Å². The number of ether oxygens (including phenoxy) is 3. The molecule has 6 heterocycles.